The van der Waals surface area contributed by atoms with Gasteiger partial charge < -0.3 is 15.7 Å². The molecule has 1 rings (SSSR count). The zero-order valence-corrected chi connectivity index (χ0v) is 11.7. The zero-order chi connectivity index (χ0) is 14.1. The summed E-state index contributed by atoms with van der Waals surface area (Å²) in [5, 5.41) is 15.9. The van der Waals surface area contributed by atoms with E-state index in [1.165, 1.54) is 0 Å². The Morgan fingerprint density at radius 3 is 2.58 bits per heavy atom. The van der Waals surface area contributed by atoms with Gasteiger partial charge in [-0.1, -0.05) is 44.2 Å². The molecule has 1 aromatic rings. The Morgan fingerprint density at radius 1 is 1.26 bits per heavy atom. The molecule has 1 atom stereocenters. The number of benzene rings is 1. The average molecular weight is 264 g/mol. The molecule has 0 saturated heterocycles. The quantitative estimate of drug-likeness (QED) is 0.625. The molecule has 0 aliphatic rings. The van der Waals surface area contributed by atoms with E-state index >= 15 is 0 Å². The third-order valence-corrected chi connectivity index (χ3v) is 2.81. The van der Waals surface area contributed by atoms with Crippen molar-refractivity contribution in [3.63, 3.8) is 0 Å². The molecule has 1 unspecified atom stereocenters. The zero-order valence-electron chi connectivity index (χ0n) is 11.7. The van der Waals surface area contributed by atoms with Crippen molar-refractivity contribution in [2.75, 3.05) is 13.1 Å². The van der Waals surface area contributed by atoms with Gasteiger partial charge in [0.2, 0.25) is 5.91 Å². The largest absolute Gasteiger partial charge is 0.387 e. The van der Waals surface area contributed by atoms with E-state index in [9.17, 15) is 9.90 Å². The van der Waals surface area contributed by atoms with Crippen LogP contribution in [-0.2, 0) is 4.79 Å². The molecule has 1 aromatic carbocycles. The first-order valence-electron chi connectivity index (χ1n) is 6.82. The van der Waals surface area contributed by atoms with Gasteiger partial charge in [-0.15, -0.1) is 0 Å². The molecule has 0 radical (unpaired) electrons. The second kappa shape index (κ2) is 8.67. The first kappa shape index (κ1) is 15.7. The lowest BCUT2D eigenvalue weighted by atomic mass is 10.1. The lowest BCUT2D eigenvalue weighted by molar-refractivity contribution is -0.121. The predicted octanol–water partition coefficient (Wildman–Crippen LogP) is 1.61. The van der Waals surface area contributed by atoms with Gasteiger partial charge in [0.05, 0.1) is 6.10 Å². The summed E-state index contributed by atoms with van der Waals surface area (Å²) in [7, 11) is 0. The second-order valence-electron chi connectivity index (χ2n) is 4.94. The molecule has 4 nitrogen and oxygen atoms in total. The number of aliphatic hydroxyl groups is 1. The third kappa shape index (κ3) is 6.94. The Kier molecular flexibility index (Phi) is 7.15. The highest BCUT2D eigenvalue weighted by molar-refractivity contribution is 5.75. The van der Waals surface area contributed by atoms with Crippen LogP contribution in [0.2, 0.25) is 0 Å². The minimum Gasteiger partial charge on any atom is -0.387 e. The van der Waals surface area contributed by atoms with Crippen molar-refractivity contribution in [2.45, 2.75) is 38.8 Å². The van der Waals surface area contributed by atoms with Crippen molar-refractivity contribution in [3.8, 4) is 0 Å². The van der Waals surface area contributed by atoms with Crippen LogP contribution in [0, 0.1) is 0 Å². The SMILES string of the molecule is CC(C)NCCCC(=O)NCC(O)c1ccccc1. The van der Waals surface area contributed by atoms with Crippen LogP contribution in [0.4, 0.5) is 0 Å². The first-order chi connectivity index (χ1) is 9.09. The van der Waals surface area contributed by atoms with Crippen molar-refractivity contribution in [1.82, 2.24) is 10.6 Å². The highest BCUT2D eigenvalue weighted by atomic mass is 16.3. The third-order valence-electron chi connectivity index (χ3n) is 2.81. The van der Waals surface area contributed by atoms with Gasteiger partial charge in [0.25, 0.3) is 0 Å². The summed E-state index contributed by atoms with van der Waals surface area (Å²) in [6.07, 6.45) is 0.658. The fraction of sp³-hybridized carbons (Fsp3) is 0.533. The van der Waals surface area contributed by atoms with Gasteiger partial charge in [-0.2, -0.15) is 0 Å². The normalized spacial score (nSPS) is 12.4. The van der Waals surface area contributed by atoms with Gasteiger partial charge in [0, 0.05) is 19.0 Å². The fourth-order valence-corrected chi connectivity index (χ4v) is 1.73. The first-order valence-corrected chi connectivity index (χ1v) is 6.82. The lowest BCUT2D eigenvalue weighted by Gasteiger charge is -2.12. The summed E-state index contributed by atoms with van der Waals surface area (Å²) < 4.78 is 0. The molecule has 1 amide bonds. The van der Waals surface area contributed by atoms with Crippen LogP contribution >= 0.6 is 0 Å². The molecule has 0 fully saturated rings. The Bertz CT molecular complexity index is 366. The molecular weight excluding hydrogens is 240 g/mol. The minimum atomic E-state index is -0.640. The molecule has 19 heavy (non-hydrogen) atoms. The fourth-order valence-electron chi connectivity index (χ4n) is 1.73. The van der Waals surface area contributed by atoms with Gasteiger partial charge in [-0.3, -0.25) is 4.79 Å². The maximum atomic E-state index is 11.6. The molecular formula is C15H24N2O2. The monoisotopic (exact) mass is 264 g/mol. The van der Waals surface area contributed by atoms with Crippen LogP contribution in [-0.4, -0.2) is 30.1 Å². The number of rotatable bonds is 8. The molecule has 0 bridgehead atoms. The smallest absolute Gasteiger partial charge is 0.220 e. The molecule has 0 heterocycles. The minimum absolute atomic E-state index is 0.0134. The number of hydrogen-bond acceptors (Lipinski definition) is 3. The Labute approximate surface area is 115 Å². The molecule has 0 aromatic heterocycles. The summed E-state index contributed by atoms with van der Waals surface area (Å²) in [6, 6.07) is 9.79. The predicted molar refractivity (Wildman–Crippen MR) is 76.8 cm³/mol. The number of nitrogens with one attached hydrogen (secondary N) is 2. The van der Waals surface area contributed by atoms with Crippen LogP contribution in [0.1, 0.15) is 38.4 Å². The molecule has 4 heteroatoms. The maximum absolute atomic E-state index is 11.6. The summed E-state index contributed by atoms with van der Waals surface area (Å²) in [6.45, 7) is 5.26. The van der Waals surface area contributed by atoms with Crippen LogP contribution in [0.3, 0.4) is 0 Å². The molecule has 3 N–H and O–H groups in total. The summed E-state index contributed by atoms with van der Waals surface area (Å²) in [4.78, 5) is 11.6. The number of aliphatic hydroxyl groups excluding tert-OH is 1. The van der Waals surface area contributed by atoms with E-state index in [0.29, 0.717) is 12.5 Å². The highest BCUT2D eigenvalue weighted by Crippen LogP contribution is 2.10. The van der Waals surface area contributed by atoms with Gasteiger partial charge in [0.15, 0.2) is 0 Å². The Morgan fingerprint density at radius 2 is 1.95 bits per heavy atom. The van der Waals surface area contributed by atoms with Crippen molar-refractivity contribution >= 4 is 5.91 Å². The van der Waals surface area contributed by atoms with E-state index in [0.717, 1.165) is 18.5 Å². The number of hydrogen-bond donors (Lipinski definition) is 3. The lowest BCUT2D eigenvalue weighted by Crippen LogP contribution is -2.30. The van der Waals surface area contributed by atoms with E-state index in [1.54, 1.807) is 0 Å². The van der Waals surface area contributed by atoms with Crippen LogP contribution in [0.15, 0.2) is 30.3 Å². The van der Waals surface area contributed by atoms with Crippen molar-refractivity contribution in [3.05, 3.63) is 35.9 Å². The van der Waals surface area contributed by atoms with Crippen LogP contribution in [0.5, 0.6) is 0 Å². The van der Waals surface area contributed by atoms with Crippen molar-refractivity contribution in [1.29, 1.82) is 0 Å². The highest BCUT2D eigenvalue weighted by Gasteiger charge is 2.08. The number of carbonyl (C=O) groups excluding carboxylic acids is 1. The number of amides is 1. The summed E-state index contributed by atoms with van der Waals surface area (Å²) in [5.74, 6) is -0.0134. The standard InChI is InChI=1S/C15H24N2O2/c1-12(2)16-10-6-9-15(19)17-11-14(18)13-7-4-3-5-8-13/h3-5,7-8,12,14,16,18H,6,9-11H2,1-2H3,(H,17,19). The van der Waals surface area contributed by atoms with Gasteiger partial charge >= 0.3 is 0 Å². The molecule has 0 aliphatic heterocycles. The van der Waals surface area contributed by atoms with Crippen molar-refractivity contribution < 1.29 is 9.90 Å². The van der Waals surface area contributed by atoms with E-state index in [4.69, 9.17) is 0 Å². The Hall–Kier alpha value is -1.39. The van der Waals surface area contributed by atoms with Crippen LogP contribution < -0.4 is 10.6 Å². The van der Waals surface area contributed by atoms with E-state index in [-0.39, 0.29) is 12.5 Å². The molecule has 0 saturated carbocycles. The molecule has 106 valence electrons. The van der Waals surface area contributed by atoms with Gasteiger partial charge in [-0.25, -0.2) is 0 Å². The summed E-state index contributed by atoms with van der Waals surface area (Å²) >= 11 is 0. The second-order valence-corrected chi connectivity index (χ2v) is 4.94. The van der Waals surface area contributed by atoms with Crippen molar-refractivity contribution in [2.24, 2.45) is 0 Å². The Balaban J connectivity index is 2.16. The molecule has 0 spiro atoms. The van der Waals surface area contributed by atoms with E-state index in [2.05, 4.69) is 24.5 Å². The van der Waals surface area contributed by atoms with Gasteiger partial charge in [0.1, 0.15) is 0 Å². The van der Waals surface area contributed by atoms with Crippen LogP contribution in [0.25, 0.3) is 0 Å². The molecule has 0 aliphatic carbocycles. The maximum Gasteiger partial charge on any atom is 0.220 e. The number of carbonyl (C=O) groups is 1. The van der Waals surface area contributed by atoms with Gasteiger partial charge in [-0.05, 0) is 18.5 Å². The van der Waals surface area contributed by atoms with E-state index < -0.39 is 6.10 Å². The summed E-state index contributed by atoms with van der Waals surface area (Å²) in [5.41, 5.74) is 0.823. The average Bonchev–Trinajstić information content (AvgIpc) is 2.41. The topological polar surface area (TPSA) is 61.4 Å². The van der Waals surface area contributed by atoms with E-state index in [1.807, 2.05) is 30.3 Å².